The fourth-order valence-corrected chi connectivity index (χ4v) is 2.87. The number of aliphatic hydroxyl groups is 1. The van der Waals surface area contributed by atoms with Crippen LogP contribution in [0.25, 0.3) is 11.1 Å². The van der Waals surface area contributed by atoms with Gasteiger partial charge < -0.3 is 5.11 Å². The monoisotopic (exact) mass is 272 g/mol. The second kappa shape index (κ2) is 7.37. The summed E-state index contributed by atoms with van der Waals surface area (Å²) in [6.45, 7) is 2.44. The van der Waals surface area contributed by atoms with E-state index in [9.17, 15) is 0 Å². The van der Waals surface area contributed by atoms with E-state index in [1.54, 1.807) is 0 Å². The summed E-state index contributed by atoms with van der Waals surface area (Å²) in [7, 11) is 0. The Labute approximate surface area is 119 Å². The van der Waals surface area contributed by atoms with Crippen molar-refractivity contribution in [2.75, 3.05) is 6.61 Å². The minimum absolute atomic E-state index is 0.279. The van der Waals surface area contributed by atoms with Crippen molar-refractivity contribution in [1.82, 2.24) is 0 Å². The van der Waals surface area contributed by atoms with Crippen LogP contribution in [0.15, 0.2) is 54.6 Å². The second-order valence-corrected chi connectivity index (χ2v) is 6.12. The fourth-order valence-electron chi connectivity index (χ4n) is 1.93. The van der Waals surface area contributed by atoms with E-state index in [-0.39, 0.29) is 6.61 Å². The van der Waals surface area contributed by atoms with Gasteiger partial charge in [0.05, 0.1) is 0 Å². The third-order valence-electron chi connectivity index (χ3n) is 3.13. The molecular formula is C17H20OS. The number of hydrogen-bond donors (Lipinski definition) is 1. The summed E-state index contributed by atoms with van der Waals surface area (Å²) < 4.78 is 0. The normalized spacial score (nSPS) is 12.3. The lowest BCUT2D eigenvalue weighted by molar-refractivity contribution is 0.289. The molecule has 0 aromatic heterocycles. The van der Waals surface area contributed by atoms with Crippen LogP contribution in [0.2, 0.25) is 0 Å². The lowest BCUT2D eigenvalue weighted by atomic mass is 10.0. The first-order chi connectivity index (χ1) is 9.29. The third kappa shape index (κ3) is 4.41. The van der Waals surface area contributed by atoms with Crippen molar-refractivity contribution < 1.29 is 5.11 Å². The molecule has 0 aliphatic heterocycles. The molecule has 0 bridgehead atoms. The van der Waals surface area contributed by atoms with Crippen molar-refractivity contribution in [2.24, 2.45) is 0 Å². The first-order valence-corrected chi connectivity index (χ1v) is 7.71. The highest BCUT2D eigenvalue weighted by Gasteiger charge is 2.03. The van der Waals surface area contributed by atoms with E-state index in [4.69, 9.17) is 5.11 Å². The van der Waals surface area contributed by atoms with Crippen molar-refractivity contribution in [3.63, 3.8) is 0 Å². The number of rotatable bonds is 6. The summed E-state index contributed by atoms with van der Waals surface area (Å²) in [4.78, 5) is 0. The summed E-state index contributed by atoms with van der Waals surface area (Å²) in [6.07, 6.45) is 0.868. The first-order valence-electron chi connectivity index (χ1n) is 6.66. The zero-order chi connectivity index (χ0) is 13.5. The topological polar surface area (TPSA) is 20.2 Å². The summed E-state index contributed by atoms with van der Waals surface area (Å²) in [5.74, 6) is 1.01. The molecule has 1 nitrogen and oxygen atoms in total. The standard InChI is InChI=1S/C17H20OS/c1-14(11-12-18)19-13-15-7-9-17(10-8-15)16-5-3-2-4-6-16/h2-10,14,18H,11-13H2,1H3. The zero-order valence-corrected chi connectivity index (χ0v) is 12.1. The Morgan fingerprint density at radius 2 is 1.58 bits per heavy atom. The lowest BCUT2D eigenvalue weighted by Gasteiger charge is -2.09. The Balaban J connectivity index is 1.95. The molecule has 0 aliphatic rings. The molecule has 0 fully saturated rings. The first kappa shape index (κ1) is 14.2. The van der Waals surface area contributed by atoms with Gasteiger partial charge in [-0.15, -0.1) is 0 Å². The molecule has 2 aromatic rings. The average Bonchev–Trinajstić information content (AvgIpc) is 2.47. The Hall–Kier alpha value is -1.25. The van der Waals surface area contributed by atoms with Gasteiger partial charge in [0.1, 0.15) is 0 Å². The highest BCUT2D eigenvalue weighted by Crippen LogP contribution is 2.23. The third-order valence-corrected chi connectivity index (χ3v) is 4.44. The van der Waals surface area contributed by atoms with Crippen LogP contribution in [-0.2, 0) is 5.75 Å². The highest BCUT2D eigenvalue weighted by molar-refractivity contribution is 7.99. The van der Waals surface area contributed by atoms with E-state index in [0.717, 1.165) is 12.2 Å². The smallest absolute Gasteiger partial charge is 0.0441 e. The van der Waals surface area contributed by atoms with Crippen molar-refractivity contribution in [3.8, 4) is 11.1 Å². The summed E-state index contributed by atoms with van der Waals surface area (Å²) in [5, 5.41) is 9.40. The van der Waals surface area contributed by atoms with Gasteiger partial charge in [-0.25, -0.2) is 0 Å². The Bertz CT molecular complexity index is 478. The van der Waals surface area contributed by atoms with Crippen LogP contribution < -0.4 is 0 Å². The van der Waals surface area contributed by atoms with Gasteiger partial charge in [0.25, 0.3) is 0 Å². The van der Waals surface area contributed by atoms with Crippen LogP contribution >= 0.6 is 11.8 Å². The van der Waals surface area contributed by atoms with E-state index in [1.165, 1.54) is 16.7 Å². The van der Waals surface area contributed by atoms with Crippen LogP contribution in [0.5, 0.6) is 0 Å². The van der Waals surface area contributed by atoms with Gasteiger partial charge in [-0.1, -0.05) is 61.5 Å². The minimum atomic E-state index is 0.279. The van der Waals surface area contributed by atoms with E-state index in [0.29, 0.717) is 5.25 Å². The van der Waals surface area contributed by atoms with Crippen molar-refractivity contribution >= 4 is 11.8 Å². The molecule has 0 saturated heterocycles. The number of aliphatic hydroxyl groups excluding tert-OH is 1. The summed E-state index contributed by atoms with van der Waals surface area (Å²) in [5.41, 5.74) is 3.86. The van der Waals surface area contributed by atoms with E-state index < -0.39 is 0 Å². The molecule has 19 heavy (non-hydrogen) atoms. The van der Waals surface area contributed by atoms with Gasteiger partial charge in [0.2, 0.25) is 0 Å². The largest absolute Gasteiger partial charge is 0.396 e. The molecule has 0 saturated carbocycles. The van der Waals surface area contributed by atoms with Crippen LogP contribution in [0.1, 0.15) is 18.9 Å². The molecule has 1 N–H and O–H groups in total. The quantitative estimate of drug-likeness (QED) is 0.843. The summed E-state index contributed by atoms with van der Waals surface area (Å²) in [6, 6.07) is 19.2. The highest BCUT2D eigenvalue weighted by atomic mass is 32.2. The molecular weight excluding hydrogens is 252 g/mol. The lowest BCUT2D eigenvalue weighted by Crippen LogP contribution is -1.99. The zero-order valence-electron chi connectivity index (χ0n) is 11.3. The minimum Gasteiger partial charge on any atom is -0.396 e. The van der Waals surface area contributed by atoms with Crippen LogP contribution in [0.3, 0.4) is 0 Å². The van der Waals surface area contributed by atoms with Crippen LogP contribution in [-0.4, -0.2) is 17.0 Å². The molecule has 0 amide bonds. The predicted molar refractivity (Wildman–Crippen MR) is 84.3 cm³/mol. The molecule has 2 rings (SSSR count). The van der Waals surface area contributed by atoms with Crippen molar-refractivity contribution in [1.29, 1.82) is 0 Å². The maximum atomic E-state index is 8.88. The molecule has 100 valence electrons. The SMILES string of the molecule is CC(CCO)SCc1ccc(-c2ccccc2)cc1. The average molecular weight is 272 g/mol. The molecule has 0 heterocycles. The van der Waals surface area contributed by atoms with Gasteiger partial charge in [-0.3, -0.25) is 0 Å². The molecule has 2 heteroatoms. The number of benzene rings is 2. The van der Waals surface area contributed by atoms with E-state index >= 15 is 0 Å². The number of thioether (sulfide) groups is 1. The van der Waals surface area contributed by atoms with E-state index in [1.807, 2.05) is 17.8 Å². The fraction of sp³-hybridized carbons (Fsp3) is 0.294. The van der Waals surface area contributed by atoms with E-state index in [2.05, 4.69) is 55.5 Å². The van der Waals surface area contributed by atoms with Crippen LogP contribution in [0, 0.1) is 0 Å². The van der Waals surface area contributed by atoms with Gasteiger partial charge in [0, 0.05) is 17.6 Å². The van der Waals surface area contributed by atoms with Gasteiger partial charge >= 0.3 is 0 Å². The number of hydrogen-bond acceptors (Lipinski definition) is 2. The van der Waals surface area contributed by atoms with Crippen LogP contribution in [0.4, 0.5) is 0 Å². The summed E-state index contributed by atoms with van der Waals surface area (Å²) >= 11 is 1.90. The molecule has 1 atom stereocenters. The maximum Gasteiger partial charge on any atom is 0.0441 e. The molecule has 0 spiro atoms. The maximum absolute atomic E-state index is 8.88. The van der Waals surface area contributed by atoms with Gasteiger partial charge in [0.15, 0.2) is 0 Å². The molecule has 0 aliphatic carbocycles. The van der Waals surface area contributed by atoms with Crippen molar-refractivity contribution in [2.45, 2.75) is 24.3 Å². The second-order valence-electron chi connectivity index (χ2n) is 4.70. The molecule has 0 radical (unpaired) electrons. The van der Waals surface area contributed by atoms with Gasteiger partial charge in [-0.2, -0.15) is 11.8 Å². The van der Waals surface area contributed by atoms with Gasteiger partial charge in [-0.05, 0) is 23.1 Å². The predicted octanol–water partition coefficient (Wildman–Crippen LogP) is 4.36. The Morgan fingerprint density at radius 3 is 2.21 bits per heavy atom. The molecule has 2 aromatic carbocycles. The Morgan fingerprint density at radius 1 is 0.947 bits per heavy atom. The Kier molecular flexibility index (Phi) is 5.49. The van der Waals surface area contributed by atoms with Crippen molar-refractivity contribution in [3.05, 3.63) is 60.2 Å². The molecule has 1 unspecified atom stereocenters.